The van der Waals surface area contributed by atoms with Gasteiger partial charge < -0.3 is 19.1 Å². The number of terminal acetylenes is 1. The van der Waals surface area contributed by atoms with Crippen molar-refractivity contribution in [3.63, 3.8) is 0 Å². The van der Waals surface area contributed by atoms with Crippen molar-refractivity contribution < 1.29 is 19.4 Å². The summed E-state index contributed by atoms with van der Waals surface area (Å²) in [7, 11) is 0. The van der Waals surface area contributed by atoms with Gasteiger partial charge in [-0.2, -0.15) is 0 Å². The van der Waals surface area contributed by atoms with Crippen molar-refractivity contribution in [2.24, 2.45) is 0 Å². The largest absolute Gasteiger partial charge is 0.528 e. The van der Waals surface area contributed by atoms with E-state index in [1.807, 2.05) is 24.5 Å². The number of hydrogen-bond acceptors (Lipinski definition) is 4. The third-order valence-corrected chi connectivity index (χ3v) is 5.52. The highest BCUT2D eigenvalue weighted by Crippen LogP contribution is 2.49. The molecule has 0 amide bonds. The Morgan fingerprint density at radius 2 is 1.93 bits per heavy atom. The number of carbonyl (C=O) groups excluding carboxylic acids is 1. The summed E-state index contributed by atoms with van der Waals surface area (Å²) in [6.07, 6.45) is 11.1. The number of aromatic nitrogens is 1. The predicted octanol–water partition coefficient (Wildman–Crippen LogP) is 4.80. The Morgan fingerprint density at radius 3 is 2.56 bits per heavy atom. The Morgan fingerprint density at radius 1 is 1.22 bits per heavy atom. The van der Waals surface area contributed by atoms with Crippen LogP contribution in [0.25, 0.3) is 11.1 Å². The van der Waals surface area contributed by atoms with Gasteiger partial charge in [-0.05, 0) is 74.1 Å². The molecule has 140 valence electrons. The molecule has 5 heteroatoms. The molecule has 0 atom stereocenters. The molecule has 1 aliphatic carbocycles. The highest BCUT2D eigenvalue weighted by atomic mass is 16.7. The molecule has 0 radical (unpaired) electrons. The van der Waals surface area contributed by atoms with Gasteiger partial charge in [-0.3, -0.25) is 0 Å². The summed E-state index contributed by atoms with van der Waals surface area (Å²) in [6, 6.07) is 4.36. The Labute approximate surface area is 158 Å². The van der Waals surface area contributed by atoms with Crippen LogP contribution in [0.5, 0.6) is 11.6 Å². The second kappa shape index (κ2) is 6.70. The fraction of sp³-hybridized carbons (Fsp3) is 0.409. The third kappa shape index (κ3) is 3.06. The number of nitrogens with zero attached hydrogens (tertiary/aromatic N) is 1. The minimum atomic E-state index is -0.956. The first-order valence-corrected chi connectivity index (χ1v) is 9.41. The van der Waals surface area contributed by atoms with Gasteiger partial charge in [0.2, 0.25) is 5.88 Å². The van der Waals surface area contributed by atoms with E-state index in [4.69, 9.17) is 11.2 Å². The SMILES string of the molecule is C#COC(=O)Oc1c(-c2c(C)cc(C3CC3)cc2C)c(O)n2c1CCCC2. The minimum absolute atomic E-state index is 0.138. The van der Waals surface area contributed by atoms with Gasteiger partial charge in [0.05, 0.1) is 11.3 Å². The van der Waals surface area contributed by atoms with Crippen LogP contribution in [0.3, 0.4) is 0 Å². The number of aryl methyl sites for hydroxylation is 2. The molecule has 5 nitrogen and oxygen atoms in total. The topological polar surface area (TPSA) is 60.7 Å². The fourth-order valence-corrected chi connectivity index (χ4v) is 4.21. The summed E-state index contributed by atoms with van der Waals surface area (Å²) < 4.78 is 11.8. The first-order valence-electron chi connectivity index (χ1n) is 9.41. The van der Waals surface area contributed by atoms with E-state index in [9.17, 15) is 9.90 Å². The fourth-order valence-electron chi connectivity index (χ4n) is 4.21. The van der Waals surface area contributed by atoms with Crippen LogP contribution in [0.2, 0.25) is 0 Å². The molecule has 4 rings (SSSR count). The van der Waals surface area contributed by atoms with Crippen LogP contribution in [0.4, 0.5) is 4.79 Å². The van der Waals surface area contributed by atoms with Crippen LogP contribution in [0, 0.1) is 26.4 Å². The van der Waals surface area contributed by atoms with Crippen LogP contribution < -0.4 is 4.74 Å². The van der Waals surface area contributed by atoms with Crippen molar-refractivity contribution in [1.29, 1.82) is 0 Å². The molecule has 1 saturated carbocycles. The normalized spacial score (nSPS) is 15.7. The summed E-state index contributed by atoms with van der Waals surface area (Å²) in [4.78, 5) is 11.9. The molecule has 1 aromatic carbocycles. The van der Waals surface area contributed by atoms with E-state index in [1.54, 1.807) is 0 Å². The molecule has 2 aromatic rings. The van der Waals surface area contributed by atoms with Gasteiger partial charge in [0.25, 0.3) is 0 Å². The van der Waals surface area contributed by atoms with E-state index in [1.165, 1.54) is 18.4 Å². The lowest BCUT2D eigenvalue weighted by Gasteiger charge is -2.16. The second-order valence-corrected chi connectivity index (χ2v) is 7.46. The molecule has 1 aromatic heterocycles. The maximum atomic E-state index is 11.9. The smallest absolute Gasteiger partial charge is 0.494 e. The summed E-state index contributed by atoms with van der Waals surface area (Å²) in [6.45, 7) is 4.77. The number of aromatic hydroxyl groups is 1. The Kier molecular flexibility index (Phi) is 4.35. The van der Waals surface area contributed by atoms with Gasteiger partial charge in [0, 0.05) is 6.54 Å². The highest BCUT2D eigenvalue weighted by Gasteiger charge is 2.31. The van der Waals surface area contributed by atoms with Crippen LogP contribution in [-0.2, 0) is 17.7 Å². The maximum Gasteiger partial charge on any atom is 0.528 e. The first-order chi connectivity index (χ1) is 13.0. The number of rotatable bonds is 3. The molecule has 0 spiro atoms. The molecule has 2 heterocycles. The van der Waals surface area contributed by atoms with Gasteiger partial charge in [0.15, 0.2) is 5.75 Å². The lowest BCUT2D eigenvalue weighted by atomic mass is 9.92. The van der Waals surface area contributed by atoms with E-state index < -0.39 is 6.16 Å². The molecular formula is C22H23NO4. The van der Waals surface area contributed by atoms with Gasteiger partial charge in [-0.1, -0.05) is 18.6 Å². The molecule has 0 bridgehead atoms. The highest BCUT2D eigenvalue weighted by molar-refractivity contribution is 5.84. The van der Waals surface area contributed by atoms with Gasteiger partial charge in [0.1, 0.15) is 6.11 Å². The van der Waals surface area contributed by atoms with Crippen molar-refractivity contribution >= 4 is 6.16 Å². The molecule has 27 heavy (non-hydrogen) atoms. The first kappa shape index (κ1) is 17.5. The van der Waals surface area contributed by atoms with Crippen LogP contribution in [0.15, 0.2) is 12.1 Å². The number of carbonyl (C=O) groups is 1. The van der Waals surface area contributed by atoms with E-state index in [0.717, 1.165) is 41.6 Å². The van der Waals surface area contributed by atoms with Crippen molar-refractivity contribution in [2.45, 2.75) is 58.4 Å². The number of ether oxygens (including phenoxy) is 2. The second-order valence-electron chi connectivity index (χ2n) is 7.46. The van der Waals surface area contributed by atoms with E-state index in [2.05, 4.69) is 16.9 Å². The molecule has 1 fully saturated rings. The molecule has 1 aliphatic heterocycles. The monoisotopic (exact) mass is 365 g/mol. The standard InChI is InChI=1S/C22H23NO4/c1-4-26-22(25)27-20-17-7-5-6-10-23(17)21(24)19(20)18-13(2)11-16(12-14(18)3)15-8-9-15/h1,11-12,15,24H,5-10H2,2-3H3. The molecule has 1 N–H and O–H groups in total. The lowest BCUT2D eigenvalue weighted by molar-refractivity contribution is 0.142. The Balaban J connectivity index is 1.88. The van der Waals surface area contributed by atoms with E-state index >= 15 is 0 Å². The molecule has 2 aliphatic rings. The zero-order valence-corrected chi connectivity index (χ0v) is 15.7. The zero-order valence-electron chi connectivity index (χ0n) is 15.7. The Bertz CT molecular complexity index is 937. The number of benzene rings is 1. The summed E-state index contributed by atoms with van der Waals surface area (Å²) in [5.41, 5.74) is 5.73. The average Bonchev–Trinajstić information content (AvgIpc) is 3.44. The van der Waals surface area contributed by atoms with Crippen LogP contribution >= 0.6 is 0 Å². The van der Waals surface area contributed by atoms with Crippen molar-refractivity contribution in [3.8, 4) is 35.3 Å². The maximum absolute atomic E-state index is 11.9. The molecule has 0 saturated heterocycles. The Hall–Kier alpha value is -2.87. The molecule has 0 unspecified atom stereocenters. The van der Waals surface area contributed by atoms with Crippen molar-refractivity contribution in [2.75, 3.05) is 0 Å². The van der Waals surface area contributed by atoms with E-state index in [-0.39, 0.29) is 5.88 Å². The summed E-state index contributed by atoms with van der Waals surface area (Å²) >= 11 is 0. The van der Waals surface area contributed by atoms with Gasteiger partial charge >= 0.3 is 6.16 Å². The predicted molar refractivity (Wildman–Crippen MR) is 102 cm³/mol. The molecular weight excluding hydrogens is 342 g/mol. The number of fused-ring (bicyclic) bond motifs is 1. The summed E-state index contributed by atoms with van der Waals surface area (Å²) in [5.74, 6) is 1.14. The van der Waals surface area contributed by atoms with Gasteiger partial charge in [-0.25, -0.2) is 4.79 Å². The van der Waals surface area contributed by atoms with Crippen molar-refractivity contribution in [1.82, 2.24) is 4.57 Å². The third-order valence-electron chi connectivity index (χ3n) is 5.52. The summed E-state index contributed by atoms with van der Waals surface area (Å²) in [5, 5.41) is 11.0. The zero-order chi connectivity index (χ0) is 19.1. The number of hydrogen-bond donors (Lipinski definition) is 1. The van der Waals surface area contributed by atoms with Gasteiger partial charge in [-0.15, -0.1) is 0 Å². The quantitative estimate of drug-likeness (QED) is 0.627. The lowest BCUT2D eigenvalue weighted by Crippen LogP contribution is -2.13. The average molecular weight is 365 g/mol. The van der Waals surface area contributed by atoms with E-state index in [0.29, 0.717) is 23.8 Å². The van der Waals surface area contributed by atoms with Crippen molar-refractivity contribution in [3.05, 3.63) is 34.5 Å². The minimum Gasteiger partial charge on any atom is -0.494 e. The van der Waals surface area contributed by atoms with Crippen LogP contribution in [-0.4, -0.2) is 15.8 Å². The van der Waals surface area contributed by atoms with Crippen LogP contribution in [0.1, 0.15) is 54.0 Å².